The second kappa shape index (κ2) is 6.66. The molecule has 1 rings (SSSR count). The third-order valence-corrected chi connectivity index (χ3v) is 2.16. The Kier molecular flexibility index (Phi) is 6.30. The Bertz CT molecular complexity index is 244. The maximum atomic E-state index is 2.23. The molecule has 0 aliphatic rings. The van der Waals surface area contributed by atoms with E-state index in [4.69, 9.17) is 0 Å². The van der Waals surface area contributed by atoms with Crippen molar-refractivity contribution in [3.05, 3.63) is 24.5 Å². The van der Waals surface area contributed by atoms with Crippen LogP contribution in [0.1, 0.15) is 19.8 Å². The summed E-state index contributed by atoms with van der Waals surface area (Å²) in [6.45, 7) is 3.35. The lowest BCUT2D eigenvalue weighted by atomic mass is 10.3. The monoisotopic (exact) mass is 214 g/mol. The number of halogens is 1. The molecule has 0 atom stereocenters. The summed E-state index contributed by atoms with van der Waals surface area (Å²) in [5, 5.41) is 0. The van der Waals surface area contributed by atoms with E-state index >= 15 is 0 Å². The molecule has 1 aromatic heterocycles. The number of rotatable bonds is 4. The fraction of sp³-hybridized carbons (Fsp3) is 0.545. The lowest BCUT2D eigenvalue weighted by molar-refractivity contribution is -0.697. The predicted molar refractivity (Wildman–Crippen MR) is 55.9 cm³/mol. The number of hydrogen-bond donors (Lipinski definition) is 0. The standard InChI is InChI=1S/C11H19N2.ClH/c1-4-5-8-13-9-6-11(7-10-13)12(2)3;/h6-7,9-10H,4-5,8H2,1-3H3;1H/q+1;/p-1. The fourth-order valence-corrected chi connectivity index (χ4v) is 1.24. The summed E-state index contributed by atoms with van der Waals surface area (Å²) in [6, 6.07) is 4.30. The summed E-state index contributed by atoms with van der Waals surface area (Å²) in [6.07, 6.45) is 6.80. The van der Waals surface area contributed by atoms with Gasteiger partial charge in [-0.25, -0.2) is 4.57 Å². The van der Waals surface area contributed by atoms with E-state index in [1.54, 1.807) is 0 Å². The molecule has 0 amide bonds. The first-order chi connectivity index (χ1) is 6.24. The highest BCUT2D eigenvalue weighted by Gasteiger charge is 2.00. The molecule has 0 aromatic carbocycles. The average molecular weight is 215 g/mol. The van der Waals surface area contributed by atoms with Crippen molar-refractivity contribution in [2.24, 2.45) is 0 Å². The van der Waals surface area contributed by atoms with Gasteiger partial charge in [-0.3, -0.25) is 0 Å². The number of aryl methyl sites for hydroxylation is 1. The highest BCUT2D eigenvalue weighted by atomic mass is 35.5. The molecule has 0 saturated heterocycles. The van der Waals surface area contributed by atoms with Gasteiger partial charge in [0.25, 0.3) is 0 Å². The summed E-state index contributed by atoms with van der Waals surface area (Å²) < 4.78 is 2.23. The van der Waals surface area contributed by atoms with E-state index in [0.29, 0.717) is 0 Å². The van der Waals surface area contributed by atoms with Gasteiger partial charge in [0.1, 0.15) is 6.54 Å². The van der Waals surface area contributed by atoms with Crippen LogP contribution in [0, 0.1) is 0 Å². The molecule has 1 aromatic rings. The Morgan fingerprint density at radius 2 is 1.79 bits per heavy atom. The molecular formula is C11H19ClN2. The summed E-state index contributed by atoms with van der Waals surface area (Å²) in [5.41, 5.74) is 1.26. The van der Waals surface area contributed by atoms with Crippen LogP contribution in [-0.4, -0.2) is 14.1 Å². The van der Waals surface area contributed by atoms with E-state index in [2.05, 4.69) is 55.0 Å². The molecule has 14 heavy (non-hydrogen) atoms. The largest absolute Gasteiger partial charge is 1.00 e. The van der Waals surface area contributed by atoms with E-state index in [-0.39, 0.29) is 12.4 Å². The molecular weight excluding hydrogens is 196 g/mol. The van der Waals surface area contributed by atoms with Crippen LogP contribution in [0.25, 0.3) is 0 Å². The van der Waals surface area contributed by atoms with Crippen molar-refractivity contribution >= 4 is 5.69 Å². The van der Waals surface area contributed by atoms with Crippen molar-refractivity contribution in [2.45, 2.75) is 26.3 Å². The molecule has 0 saturated carbocycles. The van der Waals surface area contributed by atoms with Crippen molar-refractivity contribution in [3.8, 4) is 0 Å². The highest BCUT2D eigenvalue weighted by Crippen LogP contribution is 2.05. The molecule has 0 fully saturated rings. The zero-order valence-electron chi connectivity index (χ0n) is 9.20. The maximum absolute atomic E-state index is 2.23. The van der Waals surface area contributed by atoms with Crippen LogP contribution >= 0.6 is 0 Å². The first kappa shape index (κ1) is 13.2. The number of nitrogens with zero attached hydrogens (tertiary/aromatic N) is 2. The van der Waals surface area contributed by atoms with Crippen molar-refractivity contribution < 1.29 is 17.0 Å². The Labute approximate surface area is 93.0 Å². The van der Waals surface area contributed by atoms with Gasteiger partial charge < -0.3 is 17.3 Å². The second-order valence-corrected chi connectivity index (χ2v) is 3.54. The summed E-state index contributed by atoms with van der Waals surface area (Å²) in [7, 11) is 4.12. The third kappa shape index (κ3) is 3.97. The number of pyridine rings is 1. The number of unbranched alkanes of at least 4 members (excludes halogenated alkanes) is 1. The predicted octanol–water partition coefficient (Wildman–Crippen LogP) is -1.16. The van der Waals surface area contributed by atoms with Crippen LogP contribution < -0.4 is 21.9 Å². The van der Waals surface area contributed by atoms with Crippen molar-refractivity contribution in [1.29, 1.82) is 0 Å². The first-order valence-electron chi connectivity index (χ1n) is 4.90. The molecule has 0 radical (unpaired) electrons. The van der Waals surface area contributed by atoms with Crippen LogP contribution in [0.4, 0.5) is 5.69 Å². The molecule has 3 heteroatoms. The molecule has 0 aliphatic heterocycles. The lowest BCUT2D eigenvalue weighted by Gasteiger charge is -2.10. The van der Waals surface area contributed by atoms with Gasteiger partial charge in [0.2, 0.25) is 0 Å². The van der Waals surface area contributed by atoms with Crippen LogP contribution in [-0.2, 0) is 6.54 Å². The van der Waals surface area contributed by atoms with Gasteiger partial charge in [0, 0.05) is 38.3 Å². The molecule has 0 aliphatic carbocycles. The van der Waals surface area contributed by atoms with Gasteiger partial charge in [0.05, 0.1) is 0 Å². The van der Waals surface area contributed by atoms with Crippen molar-refractivity contribution in [2.75, 3.05) is 19.0 Å². The smallest absolute Gasteiger partial charge is 0.170 e. The lowest BCUT2D eigenvalue weighted by Crippen LogP contribution is -3.00. The van der Waals surface area contributed by atoms with Gasteiger partial charge in [-0.15, -0.1) is 0 Å². The zero-order valence-corrected chi connectivity index (χ0v) is 9.96. The van der Waals surface area contributed by atoms with E-state index in [1.165, 1.54) is 18.5 Å². The summed E-state index contributed by atoms with van der Waals surface area (Å²) in [5.74, 6) is 0. The van der Waals surface area contributed by atoms with E-state index < -0.39 is 0 Å². The van der Waals surface area contributed by atoms with E-state index in [1.807, 2.05) is 0 Å². The van der Waals surface area contributed by atoms with Crippen molar-refractivity contribution in [3.63, 3.8) is 0 Å². The van der Waals surface area contributed by atoms with Gasteiger partial charge in [0.15, 0.2) is 12.4 Å². The van der Waals surface area contributed by atoms with Crippen LogP contribution in [0.5, 0.6) is 0 Å². The minimum Gasteiger partial charge on any atom is -1.00 e. The average Bonchev–Trinajstić information content (AvgIpc) is 2.15. The number of anilines is 1. The molecule has 0 unspecified atom stereocenters. The molecule has 0 spiro atoms. The minimum atomic E-state index is 0. The topological polar surface area (TPSA) is 7.12 Å². The molecule has 0 N–H and O–H groups in total. The van der Waals surface area contributed by atoms with Crippen LogP contribution in [0.2, 0.25) is 0 Å². The molecule has 2 nitrogen and oxygen atoms in total. The summed E-state index contributed by atoms with van der Waals surface area (Å²) in [4.78, 5) is 2.12. The van der Waals surface area contributed by atoms with Gasteiger partial charge in [-0.05, 0) is 0 Å². The normalized spacial score (nSPS) is 9.36. The van der Waals surface area contributed by atoms with Gasteiger partial charge in [-0.1, -0.05) is 13.3 Å². The Morgan fingerprint density at radius 3 is 2.21 bits per heavy atom. The van der Waals surface area contributed by atoms with E-state index in [0.717, 1.165) is 6.54 Å². The van der Waals surface area contributed by atoms with E-state index in [9.17, 15) is 0 Å². The number of hydrogen-bond acceptors (Lipinski definition) is 1. The molecule has 0 bridgehead atoms. The Morgan fingerprint density at radius 1 is 1.21 bits per heavy atom. The van der Waals surface area contributed by atoms with Gasteiger partial charge >= 0.3 is 0 Å². The maximum Gasteiger partial charge on any atom is 0.170 e. The SMILES string of the molecule is CCCC[n+]1ccc(N(C)C)cc1.[Cl-]. The third-order valence-electron chi connectivity index (χ3n) is 2.16. The summed E-state index contributed by atoms with van der Waals surface area (Å²) >= 11 is 0. The van der Waals surface area contributed by atoms with Crippen molar-refractivity contribution in [1.82, 2.24) is 0 Å². The minimum absolute atomic E-state index is 0. The van der Waals surface area contributed by atoms with Crippen LogP contribution in [0.3, 0.4) is 0 Å². The quantitative estimate of drug-likeness (QED) is 0.574. The molecule has 1 heterocycles. The zero-order chi connectivity index (χ0) is 9.68. The Hall–Kier alpha value is -0.760. The second-order valence-electron chi connectivity index (χ2n) is 3.54. The molecule has 80 valence electrons. The van der Waals surface area contributed by atoms with Gasteiger partial charge in [-0.2, -0.15) is 0 Å². The Balaban J connectivity index is 0.00000169. The highest BCUT2D eigenvalue weighted by molar-refractivity contribution is 5.41. The van der Waals surface area contributed by atoms with Crippen LogP contribution in [0.15, 0.2) is 24.5 Å². The fourth-order valence-electron chi connectivity index (χ4n) is 1.24. The first-order valence-corrected chi connectivity index (χ1v) is 4.90. The number of aromatic nitrogens is 1.